The van der Waals surface area contributed by atoms with E-state index in [1.54, 1.807) is 23.3 Å². The van der Waals surface area contributed by atoms with Crippen LogP contribution in [-0.2, 0) is 24.1 Å². The molecule has 0 radical (unpaired) electrons. The van der Waals surface area contributed by atoms with Gasteiger partial charge in [-0.15, -0.1) is 11.3 Å². The summed E-state index contributed by atoms with van der Waals surface area (Å²) in [6.45, 7) is 4.60. The summed E-state index contributed by atoms with van der Waals surface area (Å²) in [6, 6.07) is 0.00741. The summed E-state index contributed by atoms with van der Waals surface area (Å²) in [7, 11) is 1.76. The molecule has 0 fully saturated rings. The summed E-state index contributed by atoms with van der Waals surface area (Å²) in [5.74, 6) is 1.27. The van der Waals surface area contributed by atoms with Gasteiger partial charge in [-0.3, -0.25) is 9.59 Å². The number of nitrogens with zero attached hydrogens (tertiary/aromatic N) is 2. The highest BCUT2D eigenvalue weighted by Gasteiger charge is 2.23. The summed E-state index contributed by atoms with van der Waals surface area (Å²) in [5.41, 5.74) is 6.72. The highest BCUT2D eigenvalue weighted by Crippen LogP contribution is 2.35. The van der Waals surface area contributed by atoms with Crippen LogP contribution in [0.5, 0.6) is 0 Å². The smallest absolute Gasteiger partial charge is 0.259 e. The lowest BCUT2D eigenvalue weighted by molar-refractivity contribution is -0.131. The largest absolute Gasteiger partial charge is 0.342 e. The number of carbonyl (C=O) groups excluding carboxylic acids is 1. The van der Waals surface area contributed by atoms with Crippen molar-refractivity contribution in [3.8, 4) is 0 Å². The maximum Gasteiger partial charge on any atom is 0.259 e. The Labute approximate surface area is 151 Å². The fourth-order valence-corrected chi connectivity index (χ4v) is 4.72. The molecule has 2 unspecified atom stereocenters. The fourth-order valence-electron chi connectivity index (χ4n) is 3.32. The summed E-state index contributed by atoms with van der Waals surface area (Å²) in [4.78, 5) is 36.0. The van der Waals surface area contributed by atoms with Crippen LogP contribution in [0.15, 0.2) is 4.79 Å². The number of hydrogen-bond acceptors (Lipinski definition) is 5. The topological polar surface area (TPSA) is 92.1 Å². The van der Waals surface area contributed by atoms with E-state index in [0.29, 0.717) is 31.1 Å². The number of H-pyrrole nitrogens is 1. The molecule has 6 nitrogen and oxygen atoms in total. The number of amides is 1. The molecule has 2 heterocycles. The van der Waals surface area contributed by atoms with Crippen molar-refractivity contribution in [3.63, 3.8) is 0 Å². The maximum absolute atomic E-state index is 12.5. The highest BCUT2D eigenvalue weighted by molar-refractivity contribution is 7.18. The molecule has 2 aromatic rings. The molecule has 0 saturated heterocycles. The molecule has 0 saturated carbocycles. The van der Waals surface area contributed by atoms with E-state index >= 15 is 0 Å². The third-order valence-electron chi connectivity index (χ3n) is 5.19. The van der Waals surface area contributed by atoms with Crippen molar-refractivity contribution in [2.75, 3.05) is 13.6 Å². The van der Waals surface area contributed by atoms with Gasteiger partial charge in [0, 0.05) is 37.4 Å². The zero-order valence-electron chi connectivity index (χ0n) is 15.1. The third kappa shape index (κ3) is 3.62. The number of nitrogens with two attached hydrogens (primary N) is 1. The van der Waals surface area contributed by atoms with Gasteiger partial charge in [-0.1, -0.05) is 6.92 Å². The van der Waals surface area contributed by atoms with Gasteiger partial charge in [0.2, 0.25) is 5.91 Å². The van der Waals surface area contributed by atoms with Gasteiger partial charge in [0.1, 0.15) is 10.7 Å². The maximum atomic E-state index is 12.5. The molecule has 0 bridgehead atoms. The SMILES string of the molecule is CC1CCc2c(sc3nc(CCC(=O)N(C)C(C)CN)[nH]c(=O)c23)C1. The lowest BCUT2D eigenvalue weighted by Crippen LogP contribution is -2.39. The number of aromatic nitrogens is 2. The predicted octanol–water partition coefficient (Wildman–Crippen LogP) is 1.85. The Hall–Kier alpha value is -1.73. The van der Waals surface area contributed by atoms with Crippen LogP contribution >= 0.6 is 11.3 Å². The first-order chi connectivity index (χ1) is 11.9. The minimum absolute atomic E-state index is 0.00741. The number of carbonyl (C=O) groups is 1. The van der Waals surface area contributed by atoms with Crippen LogP contribution in [0.3, 0.4) is 0 Å². The lowest BCUT2D eigenvalue weighted by atomic mass is 9.89. The second kappa shape index (κ2) is 7.25. The van der Waals surface area contributed by atoms with Crippen LogP contribution in [0.4, 0.5) is 0 Å². The Morgan fingerprint density at radius 1 is 1.52 bits per heavy atom. The summed E-state index contributed by atoms with van der Waals surface area (Å²) in [5, 5.41) is 0.760. The van der Waals surface area contributed by atoms with E-state index in [2.05, 4.69) is 16.9 Å². The van der Waals surface area contributed by atoms with Crippen molar-refractivity contribution in [1.29, 1.82) is 0 Å². The van der Waals surface area contributed by atoms with E-state index < -0.39 is 0 Å². The molecule has 3 rings (SSSR count). The molecule has 0 aliphatic heterocycles. The Balaban J connectivity index is 1.80. The number of aromatic amines is 1. The van der Waals surface area contributed by atoms with Crippen molar-refractivity contribution >= 4 is 27.5 Å². The van der Waals surface area contributed by atoms with Gasteiger partial charge in [0.25, 0.3) is 5.56 Å². The summed E-state index contributed by atoms with van der Waals surface area (Å²) < 4.78 is 0. The third-order valence-corrected chi connectivity index (χ3v) is 6.33. The van der Waals surface area contributed by atoms with Crippen LogP contribution < -0.4 is 11.3 Å². The van der Waals surface area contributed by atoms with E-state index in [1.807, 2.05) is 6.92 Å². The van der Waals surface area contributed by atoms with Gasteiger partial charge in [0.15, 0.2) is 0 Å². The quantitative estimate of drug-likeness (QED) is 0.849. The van der Waals surface area contributed by atoms with Gasteiger partial charge >= 0.3 is 0 Å². The van der Waals surface area contributed by atoms with E-state index in [1.165, 1.54) is 10.4 Å². The first kappa shape index (κ1) is 18.1. The molecule has 1 amide bonds. The van der Waals surface area contributed by atoms with E-state index in [0.717, 1.165) is 29.5 Å². The number of likely N-dealkylation sites (N-methyl/N-ethyl adjacent to an activating group) is 1. The number of aryl methyl sites for hydroxylation is 2. The van der Waals surface area contributed by atoms with Crippen LogP contribution in [0.25, 0.3) is 10.2 Å². The fraction of sp³-hybridized carbons (Fsp3) is 0.611. The molecule has 25 heavy (non-hydrogen) atoms. The average molecular weight is 362 g/mol. The van der Waals surface area contributed by atoms with E-state index in [4.69, 9.17) is 5.73 Å². The molecule has 3 N–H and O–H groups in total. The first-order valence-corrected chi connectivity index (χ1v) is 9.71. The highest BCUT2D eigenvalue weighted by atomic mass is 32.1. The molecule has 136 valence electrons. The monoisotopic (exact) mass is 362 g/mol. The van der Waals surface area contributed by atoms with Crippen molar-refractivity contribution in [2.45, 2.75) is 52.0 Å². The summed E-state index contributed by atoms with van der Waals surface area (Å²) in [6.07, 6.45) is 3.87. The normalized spacial score (nSPS) is 18.2. The molecule has 0 spiro atoms. The minimum atomic E-state index is -0.0665. The number of hydrogen-bond donors (Lipinski definition) is 2. The Morgan fingerprint density at radius 3 is 3.00 bits per heavy atom. The van der Waals surface area contributed by atoms with E-state index in [-0.39, 0.29) is 17.5 Å². The molecule has 0 aromatic carbocycles. The molecule has 7 heteroatoms. The zero-order valence-corrected chi connectivity index (χ0v) is 15.9. The predicted molar refractivity (Wildman–Crippen MR) is 101 cm³/mol. The molecular weight excluding hydrogens is 336 g/mol. The molecule has 1 aliphatic carbocycles. The molecule has 2 aromatic heterocycles. The van der Waals surface area contributed by atoms with Crippen LogP contribution in [0, 0.1) is 5.92 Å². The van der Waals surface area contributed by atoms with Crippen molar-refractivity contribution in [3.05, 3.63) is 26.6 Å². The molecule has 2 atom stereocenters. The van der Waals surface area contributed by atoms with E-state index in [9.17, 15) is 9.59 Å². The zero-order chi connectivity index (χ0) is 18.1. The van der Waals surface area contributed by atoms with Gasteiger partial charge < -0.3 is 15.6 Å². The first-order valence-electron chi connectivity index (χ1n) is 8.89. The van der Waals surface area contributed by atoms with Gasteiger partial charge in [-0.2, -0.15) is 0 Å². The minimum Gasteiger partial charge on any atom is -0.342 e. The van der Waals surface area contributed by atoms with Gasteiger partial charge in [-0.05, 0) is 37.7 Å². The number of fused-ring (bicyclic) bond motifs is 3. The number of thiophene rings is 1. The van der Waals surface area contributed by atoms with Crippen molar-refractivity contribution in [1.82, 2.24) is 14.9 Å². The lowest BCUT2D eigenvalue weighted by Gasteiger charge is -2.23. The second-order valence-electron chi connectivity index (χ2n) is 7.13. The van der Waals surface area contributed by atoms with Gasteiger partial charge in [-0.25, -0.2) is 4.98 Å². The van der Waals surface area contributed by atoms with Crippen molar-refractivity contribution < 1.29 is 4.79 Å². The number of nitrogens with one attached hydrogen (secondary N) is 1. The van der Waals surface area contributed by atoms with Crippen LogP contribution in [0.2, 0.25) is 0 Å². The Morgan fingerprint density at radius 2 is 2.28 bits per heavy atom. The standard InChI is InChI=1S/C18H26N4O2S/c1-10-4-5-12-13(8-10)25-18-16(12)17(24)20-14(21-18)6-7-15(23)22(3)11(2)9-19/h10-11H,4-9,19H2,1-3H3,(H,20,21,24). The molecular formula is C18H26N4O2S. The molecule has 1 aliphatic rings. The Kier molecular flexibility index (Phi) is 5.24. The summed E-state index contributed by atoms with van der Waals surface area (Å²) >= 11 is 1.64. The van der Waals surface area contributed by atoms with Gasteiger partial charge in [0.05, 0.1) is 5.39 Å². The number of rotatable bonds is 5. The van der Waals surface area contributed by atoms with Crippen LogP contribution in [0.1, 0.15) is 43.0 Å². The van der Waals surface area contributed by atoms with Crippen LogP contribution in [-0.4, -0.2) is 40.4 Å². The average Bonchev–Trinajstić information content (AvgIpc) is 2.95. The Bertz CT molecular complexity index is 841. The second-order valence-corrected chi connectivity index (χ2v) is 8.22. The van der Waals surface area contributed by atoms with Crippen molar-refractivity contribution in [2.24, 2.45) is 11.7 Å².